The summed E-state index contributed by atoms with van der Waals surface area (Å²) in [5.41, 5.74) is 14.6. The van der Waals surface area contributed by atoms with Crippen molar-refractivity contribution in [1.82, 2.24) is 5.32 Å². The number of allylic oxidation sites excluding steroid dienone is 6. The molecule has 0 spiro atoms. The van der Waals surface area contributed by atoms with Crippen molar-refractivity contribution in [2.45, 2.75) is 119 Å². The van der Waals surface area contributed by atoms with Gasteiger partial charge in [-0.2, -0.15) is 11.8 Å². The van der Waals surface area contributed by atoms with Gasteiger partial charge in [0, 0.05) is 35.2 Å². The van der Waals surface area contributed by atoms with Crippen LogP contribution < -0.4 is 10.6 Å². The van der Waals surface area contributed by atoms with Crippen LogP contribution in [0, 0.1) is 0 Å². The van der Waals surface area contributed by atoms with Crippen LogP contribution in [-0.2, 0) is 5.75 Å². The predicted molar refractivity (Wildman–Crippen MR) is 172 cm³/mol. The lowest BCUT2D eigenvalue weighted by Crippen LogP contribution is -2.18. The van der Waals surface area contributed by atoms with Gasteiger partial charge in [0.2, 0.25) is 0 Å². The number of hydrogen-bond acceptors (Lipinski definition) is 4. The normalized spacial score (nSPS) is 17.3. The average molecular weight is 543 g/mol. The smallest absolute Gasteiger partial charge is 0.0525 e. The summed E-state index contributed by atoms with van der Waals surface area (Å²) in [7, 11) is 0. The molecule has 0 aliphatic carbocycles. The third kappa shape index (κ3) is 8.55. The minimum atomic E-state index is 0.738. The van der Waals surface area contributed by atoms with Crippen LogP contribution >= 0.6 is 23.1 Å². The highest BCUT2D eigenvalue weighted by atomic mass is 32.2. The first kappa shape index (κ1) is 31.8. The van der Waals surface area contributed by atoms with Crippen LogP contribution in [0.4, 0.5) is 5.69 Å². The molecule has 1 atom stereocenters. The third-order valence-corrected chi connectivity index (χ3v) is 10.4. The number of anilines is 1. The summed E-state index contributed by atoms with van der Waals surface area (Å²) in [4.78, 5) is 1.52. The van der Waals surface area contributed by atoms with E-state index in [1.54, 1.807) is 11.1 Å². The fraction of sp³-hybridized carbons (Fsp3) is 0.636. The molecule has 1 aromatic rings. The molecule has 2 nitrogen and oxygen atoms in total. The van der Waals surface area contributed by atoms with Gasteiger partial charge in [-0.3, -0.25) is 0 Å². The molecule has 1 aliphatic heterocycles. The van der Waals surface area contributed by atoms with Crippen molar-refractivity contribution in [2.24, 2.45) is 0 Å². The lowest BCUT2D eigenvalue weighted by atomic mass is 9.88. The first-order chi connectivity index (χ1) is 17.7. The largest absolute Gasteiger partial charge is 0.385 e. The Morgan fingerprint density at radius 1 is 0.973 bits per heavy atom. The van der Waals surface area contributed by atoms with Crippen molar-refractivity contribution in [3.05, 3.63) is 60.5 Å². The number of thiophene rings is 1. The molecule has 0 aromatic carbocycles. The molecule has 2 heterocycles. The topological polar surface area (TPSA) is 24.1 Å². The molecule has 0 bridgehead atoms. The molecule has 0 amide bonds. The Kier molecular flexibility index (Phi) is 13.7. The maximum atomic E-state index is 3.81. The molecule has 0 fully saturated rings. The van der Waals surface area contributed by atoms with E-state index in [4.69, 9.17) is 0 Å². The third-order valence-electron chi connectivity index (χ3n) is 8.09. The van der Waals surface area contributed by atoms with Crippen LogP contribution in [0.5, 0.6) is 0 Å². The number of hydrogen-bond donors (Lipinski definition) is 2. The van der Waals surface area contributed by atoms with Gasteiger partial charge < -0.3 is 10.6 Å². The second-order valence-corrected chi connectivity index (χ2v) is 12.9. The zero-order valence-corrected chi connectivity index (χ0v) is 27.2. The van der Waals surface area contributed by atoms with Crippen molar-refractivity contribution in [1.29, 1.82) is 0 Å². The summed E-state index contributed by atoms with van der Waals surface area (Å²) in [6.07, 6.45) is 7.30. The van der Waals surface area contributed by atoms with Gasteiger partial charge in [-0.05, 0) is 131 Å². The lowest BCUT2D eigenvalue weighted by Gasteiger charge is -2.24. The first-order valence-electron chi connectivity index (χ1n) is 14.6. The monoisotopic (exact) mass is 542 g/mol. The molecule has 0 saturated carbocycles. The van der Waals surface area contributed by atoms with Gasteiger partial charge in [0.05, 0.1) is 5.69 Å². The number of fused-ring (bicyclic) bond motifs is 1. The van der Waals surface area contributed by atoms with Crippen molar-refractivity contribution in [2.75, 3.05) is 24.2 Å². The summed E-state index contributed by atoms with van der Waals surface area (Å²) in [6, 6.07) is 0. The summed E-state index contributed by atoms with van der Waals surface area (Å²) in [6.45, 7) is 25.1. The lowest BCUT2D eigenvalue weighted by molar-refractivity contribution is 0.610. The molecule has 1 aromatic heterocycles. The number of nitrogens with one attached hydrogen (secondary N) is 2. The Labute approximate surface area is 237 Å². The fourth-order valence-corrected chi connectivity index (χ4v) is 7.49. The molecule has 2 rings (SSSR count). The van der Waals surface area contributed by atoms with Gasteiger partial charge in [0.1, 0.15) is 0 Å². The number of thioether (sulfide) groups is 1. The molecule has 2 N–H and O–H groups in total. The zero-order chi connectivity index (χ0) is 27.5. The Hall–Kier alpha value is -1.39. The highest BCUT2D eigenvalue weighted by molar-refractivity contribution is 7.98. The van der Waals surface area contributed by atoms with Crippen LogP contribution in [0.3, 0.4) is 0 Å². The minimum Gasteiger partial charge on any atom is -0.385 e. The molecular weight excluding hydrogens is 489 g/mol. The average Bonchev–Trinajstić information content (AvgIpc) is 3.31. The van der Waals surface area contributed by atoms with E-state index in [1.807, 2.05) is 11.3 Å². The second kappa shape index (κ2) is 15.9. The van der Waals surface area contributed by atoms with E-state index in [2.05, 4.69) is 97.0 Å². The van der Waals surface area contributed by atoms with Gasteiger partial charge in [0.25, 0.3) is 0 Å². The van der Waals surface area contributed by atoms with Gasteiger partial charge in [-0.1, -0.05) is 32.8 Å². The van der Waals surface area contributed by atoms with E-state index in [1.165, 1.54) is 75.4 Å². The molecule has 1 aliphatic rings. The Bertz CT molecular complexity index is 1020. The first-order valence-corrected chi connectivity index (χ1v) is 16.6. The van der Waals surface area contributed by atoms with Crippen LogP contribution in [-0.4, -0.2) is 18.8 Å². The van der Waals surface area contributed by atoms with Gasteiger partial charge in [-0.15, -0.1) is 11.3 Å². The predicted octanol–water partition coefficient (Wildman–Crippen LogP) is 10.8. The van der Waals surface area contributed by atoms with Crippen molar-refractivity contribution in [3.8, 4) is 0 Å². The maximum absolute atomic E-state index is 3.81. The van der Waals surface area contributed by atoms with Crippen LogP contribution in [0.15, 0.2) is 50.1 Å². The van der Waals surface area contributed by atoms with Gasteiger partial charge in [-0.25, -0.2) is 0 Å². The molecule has 4 heteroatoms. The minimum absolute atomic E-state index is 0.738. The van der Waals surface area contributed by atoms with Crippen LogP contribution in [0.25, 0.3) is 0 Å². The van der Waals surface area contributed by atoms with Crippen LogP contribution in [0.1, 0.15) is 124 Å². The Morgan fingerprint density at radius 3 is 2.32 bits per heavy atom. The van der Waals surface area contributed by atoms with E-state index in [0.29, 0.717) is 0 Å². The number of rotatable bonds is 14. The standard InChI is InChI=1S/C33H54N2S2/c1-11-14-15-29(24(7)22(4)5)26(9)25(8)27(10)32(34-17-12-2)23(6)19-36-21-31-33-30(20-37-31)28(13-3)16-18-35-33/h20,28,34-35H,11-19,21H2,1-10H3/b27-25+,29-26+,32-23-. The van der Waals surface area contributed by atoms with E-state index in [-0.39, 0.29) is 0 Å². The Morgan fingerprint density at radius 2 is 1.70 bits per heavy atom. The highest BCUT2D eigenvalue weighted by Gasteiger charge is 2.22. The van der Waals surface area contributed by atoms with E-state index in [0.717, 1.165) is 43.4 Å². The van der Waals surface area contributed by atoms with Crippen molar-refractivity contribution >= 4 is 28.8 Å². The van der Waals surface area contributed by atoms with Gasteiger partial charge >= 0.3 is 0 Å². The molecule has 37 heavy (non-hydrogen) atoms. The SMILES string of the molecule is CCCC\C(C(C)=C(C)C)=C(C)/C(C)=C(C)/C(NCCC)=C(\C)CSCc1scc2c1NCCC2CC. The summed E-state index contributed by atoms with van der Waals surface area (Å²) >= 11 is 4.01. The maximum Gasteiger partial charge on any atom is 0.0525 e. The molecule has 1 unspecified atom stereocenters. The van der Waals surface area contributed by atoms with E-state index in [9.17, 15) is 0 Å². The zero-order valence-electron chi connectivity index (χ0n) is 25.5. The summed E-state index contributed by atoms with van der Waals surface area (Å²) in [5, 5.41) is 9.93. The second-order valence-electron chi connectivity index (χ2n) is 11.0. The van der Waals surface area contributed by atoms with Gasteiger partial charge in [0.15, 0.2) is 0 Å². The molecule has 0 saturated heterocycles. The van der Waals surface area contributed by atoms with E-state index >= 15 is 0 Å². The van der Waals surface area contributed by atoms with Crippen LogP contribution in [0.2, 0.25) is 0 Å². The molecular formula is C33H54N2S2. The highest BCUT2D eigenvalue weighted by Crippen LogP contribution is 2.41. The summed E-state index contributed by atoms with van der Waals surface area (Å²) in [5.74, 6) is 2.88. The Balaban J connectivity index is 2.31. The fourth-order valence-electron chi connectivity index (χ4n) is 5.20. The van der Waals surface area contributed by atoms with Crippen molar-refractivity contribution in [3.63, 3.8) is 0 Å². The molecule has 0 radical (unpaired) electrons. The summed E-state index contributed by atoms with van der Waals surface area (Å²) < 4.78 is 0. The van der Waals surface area contributed by atoms with E-state index < -0.39 is 0 Å². The quantitative estimate of drug-likeness (QED) is 0.229. The van der Waals surface area contributed by atoms with Crippen molar-refractivity contribution < 1.29 is 0 Å². The molecule has 208 valence electrons. The number of unbranched alkanes of at least 4 members (excludes halogenated alkanes) is 1.